The summed E-state index contributed by atoms with van der Waals surface area (Å²) in [7, 11) is 0. The van der Waals surface area contributed by atoms with Gasteiger partial charge in [0, 0.05) is 25.1 Å². The van der Waals surface area contributed by atoms with Crippen LogP contribution >= 0.6 is 0 Å². The van der Waals surface area contributed by atoms with Crippen LogP contribution in [0.5, 0.6) is 5.75 Å². The predicted molar refractivity (Wildman–Crippen MR) is 135 cm³/mol. The van der Waals surface area contributed by atoms with Gasteiger partial charge in [-0.3, -0.25) is 4.79 Å². The van der Waals surface area contributed by atoms with Gasteiger partial charge in [0.05, 0.1) is 18.2 Å². The molecular formula is C28H36N2O5. The lowest BCUT2D eigenvalue weighted by atomic mass is 9.87. The molecule has 0 spiro atoms. The van der Waals surface area contributed by atoms with Gasteiger partial charge in [-0.25, -0.2) is 4.79 Å². The summed E-state index contributed by atoms with van der Waals surface area (Å²) in [5, 5.41) is 16.1. The van der Waals surface area contributed by atoms with E-state index >= 15 is 0 Å². The minimum atomic E-state index is -0.962. The normalized spacial score (nSPS) is 19.8. The van der Waals surface area contributed by atoms with Gasteiger partial charge in [-0.05, 0) is 48.6 Å². The quantitative estimate of drug-likeness (QED) is 0.421. The van der Waals surface area contributed by atoms with Gasteiger partial charge in [-0.1, -0.05) is 56.3 Å². The molecule has 0 aliphatic heterocycles. The molecule has 7 nitrogen and oxygen atoms in total. The Morgan fingerprint density at radius 3 is 2.31 bits per heavy atom. The van der Waals surface area contributed by atoms with Crippen LogP contribution in [0.1, 0.15) is 51.2 Å². The fraction of sp³-hybridized carbons (Fsp3) is 0.429. The number of hydrogen-bond donors (Lipinski definition) is 3. The highest BCUT2D eigenvalue weighted by Gasteiger charge is 2.37. The first-order valence-corrected chi connectivity index (χ1v) is 12.2. The molecule has 0 saturated heterocycles. The van der Waals surface area contributed by atoms with Crippen molar-refractivity contribution >= 4 is 11.9 Å². The van der Waals surface area contributed by atoms with Crippen molar-refractivity contribution in [2.75, 3.05) is 0 Å². The van der Waals surface area contributed by atoms with E-state index in [1.165, 1.54) is 6.92 Å². The van der Waals surface area contributed by atoms with Gasteiger partial charge in [-0.15, -0.1) is 0 Å². The first-order chi connectivity index (χ1) is 16.9. The topological polar surface area (TPSA) is 96.9 Å². The largest absolute Gasteiger partial charge is 0.489 e. The maximum Gasteiger partial charge on any atom is 0.331 e. The molecule has 0 heterocycles. The highest BCUT2D eigenvalue weighted by Crippen LogP contribution is 2.25. The molecule has 0 radical (unpaired) electrons. The zero-order valence-corrected chi connectivity index (χ0v) is 20.7. The summed E-state index contributed by atoms with van der Waals surface area (Å²) < 4.78 is 12.1. The van der Waals surface area contributed by atoms with Gasteiger partial charge in [-0.2, -0.15) is 0 Å². The number of hydrogen-bond acceptors (Lipinski definition) is 5. The third-order valence-electron chi connectivity index (χ3n) is 6.24. The van der Waals surface area contributed by atoms with E-state index in [1.807, 2.05) is 68.4 Å². The van der Waals surface area contributed by atoms with Gasteiger partial charge in [0.1, 0.15) is 12.4 Å². The highest BCUT2D eigenvalue weighted by atomic mass is 16.5. The van der Waals surface area contributed by atoms with E-state index in [0.29, 0.717) is 25.1 Å². The van der Waals surface area contributed by atoms with Crippen molar-refractivity contribution in [1.29, 1.82) is 0 Å². The molecule has 0 unspecified atom stereocenters. The van der Waals surface area contributed by atoms with Crippen LogP contribution in [0.15, 0.2) is 66.2 Å². The standard InChI is InChI=1S/C28H36N2O5/c1-4-23(5-2)35-26-16-22(28(32)33)15-25(27(26)30-19(3)31)29-17-20-11-13-24(14-12-20)34-18-21-9-7-6-8-10-21/h6-14,16,23,25-27,29H,4-5,15,17-18H2,1-3H3,(H,30,31)(H,32,33)/t25-,26+,27+/m0/s1. The Hall–Kier alpha value is -3.16. The van der Waals surface area contributed by atoms with Gasteiger partial charge in [0.25, 0.3) is 0 Å². The monoisotopic (exact) mass is 480 g/mol. The van der Waals surface area contributed by atoms with Crippen molar-refractivity contribution in [2.45, 2.75) is 77.5 Å². The number of carboxylic acids is 1. The molecule has 0 saturated carbocycles. The number of carbonyl (C=O) groups is 2. The number of amides is 1. The second-order valence-corrected chi connectivity index (χ2v) is 8.87. The number of carboxylic acid groups (broad SMARTS) is 1. The van der Waals surface area contributed by atoms with Crippen LogP contribution in [-0.2, 0) is 27.5 Å². The molecule has 3 atom stereocenters. The van der Waals surface area contributed by atoms with Gasteiger partial charge in [0.2, 0.25) is 5.91 Å². The first kappa shape index (κ1) is 26.4. The van der Waals surface area contributed by atoms with Crippen LogP contribution in [0.25, 0.3) is 0 Å². The van der Waals surface area contributed by atoms with E-state index in [4.69, 9.17) is 9.47 Å². The van der Waals surface area contributed by atoms with Gasteiger partial charge >= 0.3 is 5.97 Å². The number of benzene rings is 2. The Balaban J connectivity index is 1.67. The summed E-state index contributed by atoms with van der Waals surface area (Å²) in [6.07, 6.45) is 3.04. The smallest absolute Gasteiger partial charge is 0.331 e. The fourth-order valence-electron chi connectivity index (χ4n) is 4.26. The van der Waals surface area contributed by atoms with Crippen LogP contribution in [-0.4, -0.2) is 41.3 Å². The Bertz CT molecular complexity index is 986. The summed E-state index contributed by atoms with van der Waals surface area (Å²) in [6.45, 7) is 6.56. The maximum atomic E-state index is 12.0. The van der Waals surface area contributed by atoms with Crippen molar-refractivity contribution in [1.82, 2.24) is 10.6 Å². The average molecular weight is 481 g/mol. The van der Waals surface area contributed by atoms with Crippen LogP contribution in [0.4, 0.5) is 0 Å². The van der Waals surface area contributed by atoms with E-state index in [-0.39, 0.29) is 24.1 Å². The fourth-order valence-corrected chi connectivity index (χ4v) is 4.26. The summed E-state index contributed by atoms with van der Waals surface area (Å²) in [6, 6.07) is 17.1. The lowest BCUT2D eigenvalue weighted by Gasteiger charge is -2.38. The highest BCUT2D eigenvalue weighted by molar-refractivity contribution is 5.87. The van der Waals surface area contributed by atoms with E-state index in [2.05, 4.69) is 10.6 Å². The molecule has 0 aromatic heterocycles. The summed E-state index contributed by atoms with van der Waals surface area (Å²) in [5.74, 6) is -0.357. The van der Waals surface area contributed by atoms with Crippen molar-refractivity contribution in [2.24, 2.45) is 0 Å². The van der Waals surface area contributed by atoms with Crippen molar-refractivity contribution < 1.29 is 24.2 Å². The number of rotatable bonds is 12. The third-order valence-corrected chi connectivity index (χ3v) is 6.24. The summed E-state index contributed by atoms with van der Waals surface area (Å²) >= 11 is 0. The minimum Gasteiger partial charge on any atom is -0.489 e. The third kappa shape index (κ3) is 7.94. The molecule has 3 rings (SSSR count). The predicted octanol–water partition coefficient (Wildman–Crippen LogP) is 4.22. The Kier molecular flexibility index (Phi) is 9.87. The molecule has 0 bridgehead atoms. The number of nitrogens with one attached hydrogen (secondary N) is 2. The van der Waals surface area contributed by atoms with Crippen LogP contribution in [0.2, 0.25) is 0 Å². The number of ether oxygens (including phenoxy) is 2. The summed E-state index contributed by atoms with van der Waals surface area (Å²) in [4.78, 5) is 23.8. The molecular weight excluding hydrogens is 444 g/mol. The molecule has 188 valence electrons. The molecule has 7 heteroatoms. The van der Waals surface area contributed by atoms with E-state index in [9.17, 15) is 14.7 Å². The van der Waals surface area contributed by atoms with Gasteiger partial charge < -0.3 is 25.2 Å². The zero-order chi connectivity index (χ0) is 25.2. The van der Waals surface area contributed by atoms with Crippen molar-refractivity contribution in [3.8, 4) is 5.75 Å². The van der Waals surface area contributed by atoms with Crippen LogP contribution in [0, 0.1) is 0 Å². The molecule has 1 amide bonds. The van der Waals surface area contributed by atoms with Crippen LogP contribution < -0.4 is 15.4 Å². The van der Waals surface area contributed by atoms with E-state index < -0.39 is 12.1 Å². The molecule has 3 N–H and O–H groups in total. The molecule has 2 aromatic rings. The van der Waals surface area contributed by atoms with E-state index in [0.717, 1.165) is 29.7 Å². The Morgan fingerprint density at radius 2 is 1.71 bits per heavy atom. The van der Waals surface area contributed by atoms with Crippen LogP contribution in [0.3, 0.4) is 0 Å². The lowest BCUT2D eigenvalue weighted by Crippen LogP contribution is -2.58. The Morgan fingerprint density at radius 1 is 1.03 bits per heavy atom. The molecule has 0 fully saturated rings. The molecule has 1 aliphatic rings. The zero-order valence-electron chi connectivity index (χ0n) is 20.7. The van der Waals surface area contributed by atoms with E-state index in [1.54, 1.807) is 6.08 Å². The van der Waals surface area contributed by atoms with Crippen molar-refractivity contribution in [3.63, 3.8) is 0 Å². The maximum absolute atomic E-state index is 12.0. The number of carbonyl (C=O) groups excluding carboxylic acids is 1. The average Bonchev–Trinajstić information content (AvgIpc) is 2.86. The second-order valence-electron chi connectivity index (χ2n) is 8.87. The molecule has 35 heavy (non-hydrogen) atoms. The van der Waals surface area contributed by atoms with Crippen molar-refractivity contribution in [3.05, 3.63) is 77.4 Å². The molecule has 1 aliphatic carbocycles. The Labute approximate surface area is 207 Å². The lowest BCUT2D eigenvalue weighted by molar-refractivity contribution is -0.133. The number of aliphatic carboxylic acids is 1. The minimum absolute atomic E-state index is 0.00951. The SMILES string of the molecule is CCC(CC)O[C@@H]1C=C(C(=O)O)C[C@H](NCc2ccc(OCc3ccccc3)cc2)[C@H]1NC(C)=O. The second kappa shape index (κ2) is 13.1. The van der Waals surface area contributed by atoms with Gasteiger partial charge in [0.15, 0.2) is 0 Å². The summed E-state index contributed by atoms with van der Waals surface area (Å²) in [5.41, 5.74) is 2.43. The molecule has 2 aromatic carbocycles. The first-order valence-electron chi connectivity index (χ1n) is 12.2.